The Morgan fingerprint density at radius 2 is 2.12 bits per heavy atom. The molecule has 0 fully saturated rings. The van der Waals surface area contributed by atoms with Crippen LogP contribution in [-0.2, 0) is 11.8 Å². The quantitative estimate of drug-likeness (QED) is 0.365. The molecule has 1 unspecified atom stereocenters. The number of ether oxygens (including phenoxy) is 1. The molecule has 9 nitrogen and oxygen atoms in total. The molecule has 2 aromatic carbocycles. The Morgan fingerprint density at radius 3 is 2.76 bits per heavy atom. The van der Waals surface area contributed by atoms with Crippen LogP contribution >= 0.6 is 0 Å². The van der Waals surface area contributed by atoms with Crippen molar-refractivity contribution in [3.8, 4) is 16.9 Å². The molecule has 2 heterocycles. The molecule has 2 aromatic heterocycles. The van der Waals surface area contributed by atoms with Crippen molar-refractivity contribution in [1.82, 2.24) is 19.7 Å². The number of aromatic nitrogens is 4. The molecule has 1 atom stereocenters. The van der Waals surface area contributed by atoms with E-state index in [4.69, 9.17) is 4.74 Å². The highest BCUT2D eigenvalue weighted by molar-refractivity contribution is 5.99. The Hall–Kier alpha value is -4.60. The van der Waals surface area contributed by atoms with Gasteiger partial charge in [0.25, 0.3) is 0 Å². The van der Waals surface area contributed by atoms with Crippen LogP contribution < -0.4 is 10.1 Å². The van der Waals surface area contributed by atoms with Gasteiger partial charge in [0, 0.05) is 24.4 Å². The van der Waals surface area contributed by atoms with Crippen molar-refractivity contribution < 1.29 is 19.0 Å². The second-order valence-electron chi connectivity index (χ2n) is 7.44. The van der Waals surface area contributed by atoms with Gasteiger partial charge in [0.2, 0.25) is 0 Å². The summed E-state index contributed by atoms with van der Waals surface area (Å²) in [5, 5.41) is 16.9. The fraction of sp³-hybridized carbons (Fsp3) is 0.125. The van der Waals surface area contributed by atoms with Crippen LogP contribution in [0.15, 0.2) is 54.6 Å². The van der Waals surface area contributed by atoms with Gasteiger partial charge in [0.05, 0.1) is 28.5 Å². The van der Waals surface area contributed by atoms with Gasteiger partial charge in [0.15, 0.2) is 11.9 Å². The zero-order valence-electron chi connectivity index (χ0n) is 18.5. The first-order chi connectivity index (χ1) is 16.3. The summed E-state index contributed by atoms with van der Waals surface area (Å²) in [5.41, 5.74) is 2.65. The van der Waals surface area contributed by atoms with Gasteiger partial charge in [-0.05, 0) is 43.5 Å². The number of aliphatic carboxylic acids is 1. The van der Waals surface area contributed by atoms with Crippen molar-refractivity contribution in [3.63, 3.8) is 0 Å². The van der Waals surface area contributed by atoms with E-state index in [1.165, 1.54) is 25.4 Å². The van der Waals surface area contributed by atoms with E-state index in [-0.39, 0.29) is 22.8 Å². The third kappa shape index (κ3) is 4.20. The minimum Gasteiger partial charge on any atom is -0.479 e. The van der Waals surface area contributed by atoms with Crippen LogP contribution in [0.1, 0.15) is 12.5 Å². The molecule has 4 rings (SSSR count). The molecule has 0 saturated carbocycles. The molecule has 0 spiro atoms. The van der Waals surface area contributed by atoms with Gasteiger partial charge in [-0.15, -0.1) is 0 Å². The van der Waals surface area contributed by atoms with Crippen LogP contribution in [0.25, 0.3) is 28.1 Å². The highest BCUT2D eigenvalue weighted by atomic mass is 19.1. The summed E-state index contributed by atoms with van der Waals surface area (Å²) >= 11 is 0. The molecule has 0 radical (unpaired) electrons. The number of carbonyl (C=O) groups is 1. The normalized spacial score (nSPS) is 11.7. The van der Waals surface area contributed by atoms with Crippen molar-refractivity contribution in [2.45, 2.75) is 13.0 Å². The fourth-order valence-electron chi connectivity index (χ4n) is 3.46. The van der Waals surface area contributed by atoms with E-state index in [0.717, 1.165) is 11.1 Å². The van der Waals surface area contributed by atoms with Crippen LogP contribution in [-0.4, -0.2) is 43.6 Å². The average molecular weight is 460 g/mol. The number of benzene rings is 2. The topological polar surface area (TPSA) is 115 Å². The lowest BCUT2D eigenvalue weighted by molar-refractivity contribution is -0.144. The lowest BCUT2D eigenvalue weighted by Gasteiger charge is -2.17. The summed E-state index contributed by atoms with van der Waals surface area (Å²) in [6.45, 7) is 8.50. The Bertz CT molecular complexity index is 1430. The number of aryl methyl sites for hydroxylation is 1. The number of rotatable bonds is 8. The van der Waals surface area contributed by atoms with E-state index in [9.17, 15) is 9.90 Å². The molecule has 0 bridgehead atoms. The van der Waals surface area contributed by atoms with Crippen molar-refractivity contribution in [2.24, 2.45) is 12.0 Å². The van der Waals surface area contributed by atoms with Gasteiger partial charge in [0.1, 0.15) is 17.9 Å². The SMILES string of the molecule is C=Cc1c(N=C)ccc(Nc2ncnc3cc(-c4cnn(C)c4)cc(OC(C)C(=O)O)c23)c1F. The van der Waals surface area contributed by atoms with Crippen molar-refractivity contribution >= 4 is 46.9 Å². The Morgan fingerprint density at radius 1 is 1.32 bits per heavy atom. The maximum atomic E-state index is 15.1. The molecular weight excluding hydrogens is 439 g/mol. The number of carboxylic acid groups (broad SMARTS) is 1. The zero-order chi connectivity index (χ0) is 24.4. The first-order valence-corrected chi connectivity index (χ1v) is 10.2. The second-order valence-corrected chi connectivity index (χ2v) is 7.44. The standard InChI is InChI=1S/C24H21FN6O3/c1-5-16-17(26-3)6-7-18(22(16)25)30-23-21-19(27-12-28-23)8-14(15-10-29-31(4)11-15)9-20(21)34-13(2)24(32)33/h5-13H,1,3H2,2,4H3,(H,32,33)(H,27,28,30). The number of halogens is 1. The molecule has 2 N–H and O–H groups in total. The first-order valence-electron chi connectivity index (χ1n) is 10.2. The van der Waals surface area contributed by atoms with Gasteiger partial charge in [-0.1, -0.05) is 12.7 Å². The Balaban J connectivity index is 1.89. The maximum absolute atomic E-state index is 15.1. The van der Waals surface area contributed by atoms with E-state index in [1.54, 1.807) is 36.1 Å². The number of anilines is 2. The van der Waals surface area contributed by atoms with Crippen LogP contribution in [0.2, 0.25) is 0 Å². The van der Waals surface area contributed by atoms with E-state index < -0.39 is 17.9 Å². The minimum atomic E-state index is -1.15. The third-order valence-electron chi connectivity index (χ3n) is 5.18. The van der Waals surface area contributed by atoms with Crippen LogP contribution in [0.5, 0.6) is 5.75 Å². The molecule has 34 heavy (non-hydrogen) atoms. The number of nitrogens with zero attached hydrogens (tertiary/aromatic N) is 5. The summed E-state index contributed by atoms with van der Waals surface area (Å²) in [4.78, 5) is 23.9. The number of hydrogen-bond donors (Lipinski definition) is 2. The largest absolute Gasteiger partial charge is 0.479 e. The molecule has 172 valence electrons. The fourth-order valence-corrected chi connectivity index (χ4v) is 3.46. The number of fused-ring (bicyclic) bond motifs is 1. The molecule has 0 saturated heterocycles. The predicted octanol–water partition coefficient (Wildman–Crippen LogP) is 4.74. The second kappa shape index (κ2) is 9.10. The molecule has 0 aliphatic heterocycles. The highest BCUT2D eigenvalue weighted by Crippen LogP contribution is 2.38. The molecule has 4 aromatic rings. The summed E-state index contributed by atoms with van der Waals surface area (Å²) in [5.74, 6) is -1.26. The number of aliphatic imine (C=N–C) groups is 1. The van der Waals surface area contributed by atoms with Gasteiger partial charge in [-0.3, -0.25) is 9.67 Å². The van der Waals surface area contributed by atoms with E-state index in [2.05, 4.69) is 38.7 Å². The Kier molecular flexibility index (Phi) is 6.05. The van der Waals surface area contributed by atoms with Gasteiger partial charge in [-0.25, -0.2) is 19.2 Å². The smallest absolute Gasteiger partial charge is 0.344 e. The maximum Gasteiger partial charge on any atom is 0.344 e. The van der Waals surface area contributed by atoms with Crippen molar-refractivity contribution in [2.75, 3.05) is 5.32 Å². The molecular formula is C24H21FN6O3. The summed E-state index contributed by atoms with van der Waals surface area (Å²) < 4.78 is 22.5. The zero-order valence-corrected chi connectivity index (χ0v) is 18.5. The lowest BCUT2D eigenvalue weighted by atomic mass is 10.1. The third-order valence-corrected chi connectivity index (χ3v) is 5.18. The lowest BCUT2D eigenvalue weighted by Crippen LogP contribution is -2.23. The van der Waals surface area contributed by atoms with Crippen LogP contribution in [0, 0.1) is 5.82 Å². The number of hydrogen-bond acceptors (Lipinski definition) is 7. The van der Waals surface area contributed by atoms with E-state index in [1.807, 2.05) is 6.20 Å². The van der Waals surface area contributed by atoms with Gasteiger partial charge < -0.3 is 15.2 Å². The number of carboxylic acids is 1. The van der Waals surface area contributed by atoms with Crippen molar-refractivity contribution in [1.29, 1.82) is 0 Å². The van der Waals surface area contributed by atoms with E-state index >= 15 is 4.39 Å². The van der Waals surface area contributed by atoms with Gasteiger partial charge >= 0.3 is 5.97 Å². The van der Waals surface area contributed by atoms with E-state index in [0.29, 0.717) is 16.6 Å². The molecule has 0 amide bonds. The molecule has 0 aliphatic carbocycles. The molecule has 10 heteroatoms. The van der Waals surface area contributed by atoms with Crippen LogP contribution in [0.4, 0.5) is 21.6 Å². The van der Waals surface area contributed by atoms with Crippen LogP contribution in [0.3, 0.4) is 0 Å². The minimum absolute atomic E-state index is 0.121. The molecule has 0 aliphatic rings. The monoisotopic (exact) mass is 460 g/mol. The summed E-state index contributed by atoms with van der Waals surface area (Å²) in [6, 6.07) is 6.59. The number of nitrogens with one attached hydrogen (secondary N) is 1. The Labute approximate surface area is 194 Å². The van der Waals surface area contributed by atoms with Crippen molar-refractivity contribution in [3.05, 3.63) is 60.9 Å². The van der Waals surface area contributed by atoms with Gasteiger partial charge in [-0.2, -0.15) is 5.10 Å². The summed E-state index contributed by atoms with van der Waals surface area (Å²) in [7, 11) is 1.79. The highest BCUT2D eigenvalue weighted by Gasteiger charge is 2.20. The average Bonchev–Trinajstić information content (AvgIpc) is 3.26. The predicted molar refractivity (Wildman–Crippen MR) is 128 cm³/mol. The summed E-state index contributed by atoms with van der Waals surface area (Å²) in [6.07, 6.45) is 5.02. The first kappa shape index (κ1) is 22.6.